The van der Waals surface area contributed by atoms with Gasteiger partial charge in [0, 0.05) is 31.1 Å². The van der Waals surface area contributed by atoms with Crippen molar-refractivity contribution < 1.29 is 0 Å². The molecular weight excluding hydrogens is 172 g/mol. The Morgan fingerprint density at radius 1 is 1.07 bits per heavy atom. The van der Waals surface area contributed by atoms with Crippen molar-refractivity contribution in [1.29, 1.82) is 0 Å². The van der Waals surface area contributed by atoms with Gasteiger partial charge in [0.1, 0.15) is 0 Å². The summed E-state index contributed by atoms with van der Waals surface area (Å²) in [6.45, 7) is 13.9. The van der Waals surface area contributed by atoms with Crippen molar-refractivity contribution in [2.45, 2.75) is 40.2 Å². The largest absolute Gasteiger partial charge is 0.305 e. The van der Waals surface area contributed by atoms with Gasteiger partial charge in [-0.2, -0.15) is 0 Å². The molecule has 0 atom stereocenters. The molecule has 2 nitrogen and oxygen atoms in total. The van der Waals surface area contributed by atoms with E-state index in [1.165, 1.54) is 32.6 Å². The van der Waals surface area contributed by atoms with Gasteiger partial charge in [-0.15, -0.1) is 0 Å². The van der Waals surface area contributed by atoms with Crippen molar-refractivity contribution in [2.24, 2.45) is 5.41 Å². The molecule has 2 fully saturated rings. The first-order chi connectivity index (χ1) is 6.61. The lowest BCUT2D eigenvalue weighted by Gasteiger charge is -2.46. The van der Waals surface area contributed by atoms with Crippen LogP contribution in [0.1, 0.15) is 34.1 Å². The first-order valence-corrected chi connectivity index (χ1v) is 6.04. The minimum atomic E-state index is 0.693. The Morgan fingerprint density at radius 3 is 2.00 bits per heavy atom. The summed E-state index contributed by atoms with van der Waals surface area (Å²) in [4.78, 5) is 5.05. The molecule has 0 unspecified atom stereocenters. The van der Waals surface area contributed by atoms with Crippen LogP contribution >= 0.6 is 0 Å². The highest BCUT2D eigenvalue weighted by molar-refractivity contribution is 5.00. The third-order valence-corrected chi connectivity index (χ3v) is 3.41. The van der Waals surface area contributed by atoms with E-state index in [1.54, 1.807) is 0 Å². The first kappa shape index (κ1) is 12.0. The summed E-state index contributed by atoms with van der Waals surface area (Å²) in [6.07, 6.45) is 1.43. The van der Waals surface area contributed by atoms with Gasteiger partial charge in [-0.25, -0.2) is 0 Å². The van der Waals surface area contributed by atoms with Crippen LogP contribution in [0.2, 0.25) is 0 Å². The van der Waals surface area contributed by atoms with Gasteiger partial charge in [-0.05, 0) is 33.9 Å². The molecule has 0 aromatic rings. The molecule has 84 valence electrons. The van der Waals surface area contributed by atoms with Gasteiger partial charge in [0.25, 0.3) is 0 Å². The third kappa shape index (κ3) is 2.29. The summed E-state index contributed by atoms with van der Waals surface area (Å²) >= 11 is 0. The lowest BCUT2D eigenvalue weighted by atomic mass is 9.79. The average molecular weight is 198 g/mol. The summed E-state index contributed by atoms with van der Waals surface area (Å²) in [7, 11) is 2.23. The lowest BCUT2D eigenvalue weighted by molar-refractivity contribution is 0.0280. The molecule has 0 bridgehead atoms. The topological polar surface area (TPSA) is 6.48 Å². The van der Waals surface area contributed by atoms with E-state index in [1.807, 2.05) is 13.8 Å². The van der Waals surface area contributed by atoms with Gasteiger partial charge in [-0.3, -0.25) is 0 Å². The Hall–Kier alpha value is -0.0800. The SMILES string of the molecule is CC.CC(C)N1CCC2(CN(C)C2)C1. The van der Waals surface area contributed by atoms with E-state index in [2.05, 4.69) is 30.7 Å². The minimum Gasteiger partial charge on any atom is -0.305 e. The summed E-state index contributed by atoms with van der Waals surface area (Å²) in [5.41, 5.74) is 0.693. The van der Waals surface area contributed by atoms with Crippen molar-refractivity contribution in [2.75, 3.05) is 33.2 Å². The molecule has 2 heteroatoms. The Kier molecular flexibility index (Phi) is 3.96. The molecule has 0 saturated carbocycles. The van der Waals surface area contributed by atoms with Crippen LogP contribution in [-0.2, 0) is 0 Å². The van der Waals surface area contributed by atoms with E-state index in [4.69, 9.17) is 0 Å². The van der Waals surface area contributed by atoms with Crippen LogP contribution in [0.5, 0.6) is 0 Å². The van der Waals surface area contributed by atoms with Crippen molar-refractivity contribution in [3.8, 4) is 0 Å². The van der Waals surface area contributed by atoms with E-state index in [0.717, 1.165) is 6.04 Å². The standard InChI is InChI=1S/C10H20N2.C2H6/c1-9(2)12-5-4-10(8-12)6-11(3)7-10;1-2/h9H,4-8H2,1-3H3;1-2H3. The zero-order valence-corrected chi connectivity index (χ0v) is 10.5. The molecule has 0 aliphatic carbocycles. The highest BCUT2D eigenvalue weighted by atomic mass is 15.3. The zero-order valence-electron chi connectivity index (χ0n) is 10.5. The molecule has 2 aliphatic heterocycles. The lowest BCUT2D eigenvalue weighted by Crippen LogP contribution is -2.55. The van der Waals surface area contributed by atoms with Gasteiger partial charge in [0.15, 0.2) is 0 Å². The number of nitrogens with zero attached hydrogens (tertiary/aromatic N) is 2. The molecule has 0 aromatic carbocycles. The van der Waals surface area contributed by atoms with Gasteiger partial charge in [0.05, 0.1) is 0 Å². The Morgan fingerprint density at radius 2 is 1.64 bits per heavy atom. The fourth-order valence-corrected chi connectivity index (χ4v) is 2.77. The summed E-state index contributed by atoms with van der Waals surface area (Å²) in [5, 5.41) is 0. The van der Waals surface area contributed by atoms with E-state index in [9.17, 15) is 0 Å². The van der Waals surface area contributed by atoms with Crippen LogP contribution in [0, 0.1) is 5.41 Å². The second-order valence-electron chi connectivity index (χ2n) is 4.99. The molecule has 2 aliphatic rings. The Bertz CT molecular complexity index is 171. The van der Waals surface area contributed by atoms with Crippen LogP contribution in [0.3, 0.4) is 0 Å². The van der Waals surface area contributed by atoms with E-state index >= 15 is 0 Å². The van der Waals surface area contributed by atoms with E-state index in [-0.39, 0.29) is 0 Å². The van der Waals surface area contributed by atoms with Gasteiger partial charge < -0.3 is 9.80 Å². The monoisotopic (exact) mass is 198 g/mol. The van der Waals surface area contributed by atoms with Crippen molar-refractivity contribution in [3.05, 3.63) is 0 Å². The molecule has 2 saturated heterocycles. The molecule has 0 aromatic heterocycles. The Labute approximate surface area is 89.3 Å². The quantitative estimate of drug-likeness (QED) is 0.636. The normalized spacial score (nSPS) is 26.1. The fraction of sp³-hybridized carbons (Fsp3) is 1.00. The molecule has 1 spiro atoms. The predicted molar refractivity (Wildman–Crippen MR) is 62.6 cm³/mol. The second-order valence-corrected chi connectivity index (χ2v) is 4.99. The van der Waals surface area contributed by atoms with Crippen LogP contribution in [0.25, 0.3) is 0 Å². The minimum absolute atomic E-state index is 0.693. The Balaban J connectivity index is 0.000000461. The molecular formula is C12H26N2. The fourth-order valence-electron chi connectivity index (χ4n) is 2.77. The smallest absolute Gasteiger partial charge is 0.00968 e. The molecule has 2 heterocycles. The summed E-state index contributed by atoms with van der Waals surface area (Å²) in [5.74, 6) is 0. The molecule has 0 radical (unpaired) electrons. The molecule has 2 rings (SSSR count). The number of hydrogen-bond donors (Lipinski definition) is 0. The first-order valence-electron chi connectivity index (χ1n) is 6.04. The average Bonchev–Trinajstić information content (AvgIpc) is 2.52. The van der Waals surface area contributed by atoms with Crippen LogP contribution in [0.4, 0.5) is 0 Å². The zero-order chi connectivity index (χ0) is 10.8. The van der Waals surface area contributed by atoms with Gasteiger partial charge in [-0.1, -0.05) is 13.8 Å². The van der Waals surface area contributed by atoms with Gasteiger partial charge in [0.2, 0.25) is 0 Å². The van der Waals surface area contributed by atoms with Crippen molar-refractivity contribution in [1.82, 2.24) is 9.80 Å². The number of rotatable bonds is 1. The van der Waals surface area contributed by atoms with E-state index in [0.29, 0.717) is 5.41 Å². The van der Waals surface area contributed by atoms with Crippen molar-refractivity contribution >= 4 is 0 Å². The van der Waals surface area contributed by atoms with Crippen LogP contribution < -0.4 is 0 Å². The second kappa shape index (κ2) is 4.63. The summed E-state index contributed by atoms with van der Waals surface area (Å²) in [6, 6.07) is 0.746. The van der Waals surface area contributed by atoms with Gasteiger partial charge >= 0.3 is 0 Å². The number of hydrogen-bond acceptors (Lipinski definition) is 2. The third-order valence-electron chi connectivity index (χ3n) is 3.41. The predicted octanol–water partition coefficient (Wildman–Crippen LogP) is 2.06. The maximum Gasteiger partial charge on any atom is 0.00968 e. The molecule has 0 N–H and O–H groups in total. The number of likely N-dealkylation sites (tertiary alicyclic amines) is 2. The van der Waals surface area contributed by atoms with E-state index < -0.39 is 0 Å². The highest BCUT2D eigenvalue weighted by Crippen LogP contribution is 2.38. The maximum atomic E-state index is 2.62. The molecule has 0 amide bonds. The summed E-state index contributed by atoms with van der Waals surface area (Å²) < 4.78 is 0. The van der Waals surface area contributed by atoms with Crippen LogP contribution in [-0.4, -0.2) is 49.1 Å². The van der Waals surface area contributed by atoms with Crippen molar-refractivity contribution in [3.63, 3.8) is 0 Å². The van der Waals surface area contributed by atoms with Crippen LogP contribution in [0.15, 0.2) is 0 Å². The highest BCUT2D eigenvalue weighted by Gasteiger charge is 2.46. The molecule has 14 heavy (non-hydrogen) atoms. The maximum absolute atomic E-state index is 2.62.